The van der Waals surface area contributed by atoms with Crippen LogP contribution in [0, 0.1) is 0 Å². The van der Waals surface area contributed by atoms with Crippen LogP contribution in [0.25, 0.3) is 0 Å². The van der Waals surface area contributed by atoms with Gasteiger partial charge in [-0.05, 0) is 48.4 Å². The zero-order chi connectivity index (χ0) is 17.8. The van der Waals surface area contributed by atoms with Gasteiger partial charge in [0.05, 0.1) is 11.3 Å². The van der Waals surface area contributed by atoms with Crippen molar-refractivity contribution in [1.29, 1.82) is 0 Å². The average Bonchev–Trinajstić information content (AvgIpc) is 2.82. The maximum atomic E-state index is 12.5. The van der Waals surface area contributed by atoms with Crippen LogP contribution < -0.4 is 10.6 Å². The molecule has 26 heavy (non-hydrogen) atoms. The number of hydrogen-bond donors (Lipinski definition) is 2. The molecule has 3 aromatic rings. The molecular formula is C22H20N2OS. The van der Waals surface area contributed by atoms with Gasteiger partial charge in [0.1, 0.15) is 0 Å². The third kappa shape index (κ3) is 3.82. The van der Waals surface area contributed by atoms with Gasteiger partial charge < -0.3 is 10.6 Å². The number of benzene rings is 3. The maximum Gasteiger partial charge on any atom is 0.256 e. The Morgan fingerprint density at radius 2 is 1.65 bits per heavy atom. The summed E-state index contributed by atoms with van der Waals surface area (Å²) in [4.78, 5) is 14.5. The predicted molar refractivity (Wildman–Crippen MR) is 107 cm³/mol. The SMILES string of the molecule is O=C1Nc2cc(CNCCc3ccccc3)ccc2Sc2ccccc21. The van der Waals surface area contributed by atoms with E-state index in [1.807, 2.05) is 30.3 Å². The van der Waals surface area contributed by atoms with Gasteiger partial charge in [-0.2, -0.15) is 0 Å². The van der Waals surface area contributed by atoms with Gasteiger partial charge in [-0.15, -0.1) is 0 Å². The van der Waals surface area contributed by atoms with E-state index in [0.29, 0.717) is 0 Å². The molecule has 0 saturated heterocycles. The summed E-state index contributed by atoms with van der Waals surface area (Å²) < 4.78 is 0. The molecule has 1 amide bonds. The topological polar surface area (TPSA) is 41.1 Å². The highest BCUT2D eigenvalue weighted by Crippen LogP contribution is 2.38. The number of fused-ring (bicyclic) bond motifs is 2. The molecule has 130 valence electrons. The predicted octanol–water partition coefficient (Wildman–Crippen LogP) is 4.74. The zero-order valence-electron chi connectivity index (χ0n) is 14.4. The third-order valence-corrected chi connectivity index (χ3v) is 5.56. The average molecular weight is 360 g/mol. The lowest BCUT2D eigenvalue weighted by Gasteiger charge is -2.10. The summed E-state index contributed by atoms with van der Waals surface area (Å²) >= 11 is 1.64. The lowest BCUT2D eigenvalue weighted by atomic mass is 10.1. The Kier molecular flexibility index (Phi) is 5.04. The van der Waals surface area contributed by atoms with Crippen LogP contribution in [0.5, 0.6) is 0 Å². The van der Waals surface area contributed by atoms with E-state index in [9.17, 15) is 4.79 Å². The van der Waals surface area contributed by atoms with Gasteiger partial charge in [0, 0.05) is 16.3 Å². The quantitative estimate of drug-likeness (QED) is 0.646. The molecular weight excluding hydrogens is 340 g/mol. The minimum atomic E-state index is -0.0407. The molecule has 0 aromatic heterocycles. The molecule has 3 aromatic carbocycles. The first-order valence-corrected chi connectivity index (χ1v) is 9.57. The van der Waals surface area contributed by atoms with Gasteiger partial charge in [-0.3, -0.25) is 4.79 Å². The maximum absolute atomic E-state index is 12.5. The largest absolute Gasteiger partial charge is 0.321 e. The van der Waals surface area contributed by atoms with Crippen molar-refractivity contribution in [2.45, 2.75) is 22.8 Å². The van der Waals surface area contributed by atoms with Crippen LogP contribution >= 0.6 is 11.8 Å². The summed E-state index contributed by atoms with van der Waals surface area (Å²) in [6.07, 6.45) is 1.01. The van der Waals surface area contributed by atoms with E-state index >= 15 is 0 Å². The Hall–Kier alpha value is -2.56. The highest BCUT2D eigenvalue weighted by Gasteiger charge is 2.19. The molecule has 4 heteroatoms. The summed E-state index contributed by atoms with van der Waals surface area (Å²) in [5, 5.41) is 6.53. The molecule has 0 aliphatic carbocycles. The van der Waals surface area contributed by atoms with Crippen molar-refractivity contribution >= 4 is 23.4 Å². The van der Waals surface area contributed by atoms with Crippen molar-refractivity contribution in [3.63, 3.8) is 0 Å². The molecule has 0 spiro atoms. The van der Waals surface area contributed by atoms with E-state index in [2.05, 4.69) is 53.1 Å². The lowest BCUT2D eigenvalue weighted by Crippen LogP contribution is -2.17. The normalized spacial score (nSPS) is 12.7. The number of anilines is 1. The molecule has 2 N–H and O–H groups in total. The molecule has 0 unspecified atom stereocenters. The molecule has 4 rings (SSSR count). The van der Waals surface area contributed by atoms with E-state index in [4.69, 9.17) is 0 Å². The molecule has 3 nitrogen and oxygen atoms in total. The number of amides is 1. The second kappa shape index (κ2) is 7.77. The van der Waals surface area contributed by atoms with Crippen molar-refractivity contribution in [1.82, 2.24) is 5.32 Å². The Bertz CT molecular complexity index is 924. The third-order valence-electron chi connectivity index (χ3n) is 4.41. The molecule has 0 bridgehead atoms. The highest BCUT2D eigenvalue weighted by molar-refractivity contribution is 7.99. The summed E-state index contributed by atoms with van der Waals surface area (Å²) in [7, 11) is 0. The minimum Gasteiger partial charge on any atom is -0.321 e. The van der Waals surface area contributed by atoms with Gasteiger partial charge in [-0.25, -0.2) is 0 Å². The van der Waals surface area contributed by atoms with Gasteiger partial charge in [-0.1, -0.05) is 60.3 Å². The second-order valence-corrected chi connectivity index (χ2v) is 7.38. The van der Waals surface area contributed by atoms with Gasteiger partial charge in [0.25, 0.3) is 5.91 Å². The van der Waals surface area contributed by atoms with Gasteiger partial charge >= 0.3 is 0 Å². The summed E-state index contributed by atoms with van der Waals surface area (Å²) in [5.74, 6) is -0.0407. The van der Waals surface area contributed by atoms with Crippen molar-refractivity contribution in [2.24, 2.45) is 0 Å². The number of carbonyl (C=O) groups is 1. The van der Waals surface area contributed by atoms with E-state index in [1.54, 1.807) is 11.8 Å². The zero-order valence-corrected chi connectivity index (χ0v) is 15.2. The van der Waals surface area contributed by atoms with Crippen LogP contribution in [0.15, 0.2) is 82.6 Å². The van der Waals surface area contributed by atoms with Crippen LogP contribution in [-0.2, 0) is 13.0 Å². The summed E-state index contributed by atoms with van der Waals surface area (Å²) in [6.45, 7) is 1.71. The number of rotatable bonds is 5. The number of carbonyl (C=O) groups excluding carboxylic acids is 1. The van der Waals surface area contributed by atoms with Gasteiger partial charge in [0.15, 0.2) is 0 Å². The molecule has 1 aliphatic rings. The van der Waals surface area contributed by atoms with Crippen molar-refractivity contribution in [3.8, 4) is 0 Å². The molecule has 1 heterocycles. The van der Waals surface area contributed by atoms with E-state index in [-0.39, 0.29) is 5.91 Å². The monoisotopic (exact) mass is 360 g/mol. The Labute approximate surface area is 157 Å². The van der Waals surface area contributed by atoms with Crippen LogP contribution in [-0.4, -0.2) is 12.5 Å². The number of nitrogens with one attached hydrogen (secondary N) is 2. The lowest BCUT2D eigenvalue weighted by molar-refractivity contribution is 0.102. The van der Waals surface area contributed by atoms with Crippen molar-refractivity contribution < 1.29 is 4.79 Å². The minimum absolute atomic E-state index is 0.0407. The van der Waals surface area contributed by atoms with E-state index in [0.717, 1.165) is 40.6 Å². The van der Waals surface area contributed by atoms with E-state index < -0.39 is 0 Å². The first-order valence-electron chi connectivity index (χ1n) is 8.75. The Morgan fingerprint density at radius 1 is 0.846 bits per heavy atom. The number of hydrogen-bond acceptors (Lipinski definition) is 3. The smallest absolute Gasteiger partial charge is 0.256 e. The van der Waals surface area contributed by atoms with Crippen LogP contribution in [0.4, 0.5) is 5.69 Å². The highest BCUT2D eigenvalue weighted by atomic mass is 32.2. The standard InChI is InChI=1S/C22H20N2OS/c25-22-18-8-4-5-9-20(18)26-21-11-10-17(14-19(21)24-22)15-23-13-12-16-6-2-1-3-7-16/h1-11,14,23H,12-13,15H2,(H,24,25). The fourth-order valence-corrected chi connectivity index (χ4v) is 4.05. The van der Waals surface area contributed by atoms with Crippen LogP contribution in [0.3, 0.4) is 0 Å². The molecule has 0 saturated carbocycles. The molecule has 1 aliphatic heterocycles. The molecule has 0 atom stereocenters. The first-order chi connectivity index (χ1) is 12.8. The first kappa shape index (κ1) is 16.9. The summed E-state index contributed by atoms with van der Waals surface area (Å²) in [5.41, 5.74) is 4.13. The second-order valence-electron chi connectivity index (χ2n) is 6.30. The van der Waals surface area contributed by atoms with Crippen molar-refractivity contribution in [2.75, 3.05) is 11.9 Å². The molecule has 0 radical (unpaired) electrons. The van der Waals surface area contributed by atoms with E-state index in [1.165, 1.54) is 11.1 Å². The Morgan fingerprint density at radius 3 is 2.54 bits per heavy atom. The van der Waals surface area contributed by atoms with Crippen LogP contribution in [0.1, 0.15) is 21.5 Å². The van der Waals surface area contributed by atoms with Crippen LogP contribution in [0.2, 0.25) is 0 Å². The van der Waals surface area contributed by atoms with Crippen molar-refractivity contribution in [3.05, 3.63) is 89.5 Å². The fraction of sp³-hybridized carbons (Fsp3) is 0.136. The fourth-order valence-electron chi connectivity index (χ4n) is 3.04. The Balaban J connectivity index is 1.41. The summed E-state index contributed by atoms with van der Waals surface area (Å²) in [6, 6.07) is 24.5. The molecule has 0 fully saturated rings. The van der Waals surface area contributed by atoms with Gasteiger partial charge in [0.2, 0.25) is 0 Å².